The largest absolute Gasteiger partial charge is 0.384 e. The topological polar surface area (TPSA) is 38.1 Å². The van der Waals surface area contributed by atoms with Crippen molar-refractivity contribution >= 4 is 5.69 Å². The van der Waals surface area contributed by atoms with Gasteiger partial charge in [0, 0.05) is 13.0 Å². The van der Waals surface area contributed by atoms with E-state index in [4.69, 9.17) is 4.52 Å². The van der Waals surface area contributed by atoms with E-state index in [-0.39, 0.29) is 0 Å². The van der Waals surface area contributed by atoms with Gasteiger partial charge in [-0.15, -0.1) is 0 Å². The van der Waals surface area contributed by atoms with E-state index in [2.05, 4.69) is 42.5 Å². The summed E-state index contributed by atoms with van der Waals surface area (Å²) in [6.45, 7) is 4.42. The standard InChI is InChI=1S/C15H18N2O/c1-9-4-5-12-10(2)13(7-11(12)6-9)15-14(16-3)8-18-17-15/h4-6,8,10,13,16H,7H2,1-3H3. The van der Waals surface area contributed by atoms with Gasteiger partial charge in [0.2, 0.25) is 0 Å². The van der Waals surface area contributed by atoms with Gasteiger partial charge in [-0.05, 0) is 30.4 Å². The van der Waals surface area contributed by atoms with Gasteiger partial charge >= 0.3 is 0 Å². The molecule has 1 aromatic carbocycles. The highest BCUT2D eigenvalue weighted by Gasteiger charge is 2.33. The average Bonchev–Trinajstić information content (AvgIpc) is 2.93. The quantitative estimate of drug-likeness (QED) is 0.876. The molecule has 2 atom stereocenters. The minimum absolute atomic E-state index is 0.419. The number of anilines is 1. The molecule has 0 saturated heterocycles. The summed E-state index contributed by atoms with van der Waals surface area (Å²) in [4.78, 5) is 0. The molecule has 2 unspecified atom stereocenters. The summed E-state index contributed by atoms with van der Waals surface area (Å²) in [6.07, 6.45) is 2.75. The molecule has 1 aliphatic carbocycles. The third-order valence-corrected chi connectivity index (χ3v) is 4.05. The van der Waals surface area contributed by atoms with Crippen LogP contribution in [0.5, 0.6) is 0 Å². The van der Waals surface area contributed by atoms with Crippen molar-refractivity contribution in [3.8, 4) is 0 Å². The normalized spacial score (nSPS) is 21.9. The number of nitrogens with one attached hydrogen (secondary N) is 1. The molecule has 0 amide bonds. The zero-order valence-corrected chi connectivity index (χ0v) is 11.0. The molecule has 0 spiro atoms. The first kappa shape index (κ1) is 11.3. The molecule has 18 heavy (non-hydrogen) atoms. The van der Waals surface area contributed by atoms with Gasteiger partial charge in [0.25, 0.3) is 0 Å². The molecule has 94 valence electrons. The highest BCUT2D eigenvalue weighted by molar-refractivity contribution is 5.51. The molecular weight excluding hydrogens is 224 g/mol. The number of nitrogens with zero attached hydrogens (tertiary/aromatic N) is 1. The van der Waals surface area contributed by atoms with E-state index in [0.717, 1.165) is 17.8 Å². The molecule has 0 fully saturated rings. The van der Waals surface area contributed by atoms with Crippen LogP contribution in [0, 0.1) is 6.92 Å². The first-order valence-corrected chi connectivity index (χ1v) is 6.42. The van der Waals surface area contributed by atoms with Crippen molar-refractivity contribution in [2.45, 2.75) is 32.1 Å². The Bertz CT molecular complexity index is 574. The number of aromatic nitrogens is 1. The third-order valence-electron chi connectivity index (χ3n) is 4.05. The Morgan fingerprint density at radius 2 is 2.22 bits per heavy atom. The molecule has 3 heteroatoms. The predicted octanol–water partition coefficient (Wildman–Crippen LogP) is 3.47. The van der Waals surface area contributed by atoms with E-state index in [0.29, 0.717) is 11.8 Å². The Labute approximate surface area is 107 Å². The van der Waals surface area contributed by atoms with Crippen LogP contribution in [0.4, 0.5) is 5.69 Å². The van der Waals surface area contributed by atoms with Crippen molar-refractivity contribution in [2.75, 3.05) is 12.4 Å². The monoisotopic (exact) mass is 242 g/mol. The molecule has 3 rings (SSSR count). The second kappa shape index (κ2) is 4.16. The summed E-state index contributed by atoms with van der Waals surface area (Å²) >= 11 is 0. The lowest BCUT2D eigenvalue weighted by Gasteiger charge is -2.14. The highest BCUT2D eigenvalue weighted by Crippen LogP contribution is 2.45. The zero-order valence-electron chi connectivity index (χ0n) is 11.0. The van der Waals surface area contributed by atoms with Crippen LogP contribution in [0.3, 0.4) is 0 Å². The van der Waals surface area contributed by atoms with Gasteiger partial charge in [-0.1, -0.05) is 35.8 Å². The van der Waals surface area contributed by atoms with Crippen molar-refractivity contribution < 1.29 is 4.52 Å². The molecule has 1 aromatic heterocycles. The molecule has 0 saturated carbocycles. The van der Waals surface area contributed by atoms with Crippen molar-refractivity contribution in [1.29, 1.82) is 0 Å². The SMILES string of the molecule is CNc1conc1C1Cc2cc(C)ccc2C1C. The average molecular weight is 242 g/mol. The molecule has 1 heterocycles. The van der Waals surface area contributed by atoms with E-state index in [9.17, 15) is 0 Å². The lowest BCUT2D eigenvalue weighted by Crippen LogP contribution is -2.05. The van der Waals surface area contributed by atoms with Gasteiger partial charge in [0.1, 0.15) is 12.0 Å². The van der Waals surface area contributed by atoms with Gasteiger partial charge in [-0.3, -0.25) is 0 Å². The van der Waals surface area contributed by atoms with Crippen molar-refractivity contribution in [3.05, 3.63) is 46.8 Å². The summed E-state index contributed by atoms with van der Waals surface area (Å²) in [5, 5.41) is 7.34. The van der Waals surface area contributed by atoms with E-state index in [1.54, 1.807) is 6.26 Å². The maximum absolute atomic E-state index is 5.11. The third kappa shape index (κ3) is 1.62. The minimum atomic E-state index is 0.419. The van der Waals surface area contributed by atoms with Gasteiger partial charge in [-0.2, -0.15) is 0 Å². The van der Waals surface area contributed by atoms with E-state index in [1.807, 2.05) is 7.05 Å². The fourth-order valence-corrected chi connectivity index (χ4v) is 3.02. The zero-order chi connectivity index (χ0) is 12.7. The van der Waals surface area contributed by atoms with E-state index in [1.165, 1.54) is 16.7 Å². The van der Waals surface area contributed by atoms with Crippen LogP contribution in [0.15, 0.2) is 29.0 Å². The van der Waals surface area contributed by atoms with Crippen molar-refractivity contribution in [2.24, 2.45) is 0 Å². The Balaban J connectivity index is 1.99. The van der Waals surface area contributed by atoms with Crippen LogP contribution < -0.4 is 5.32 Å². The van der Waals surface area contributed by atoms with Gasteiger partial charge in [-0.25, -0.2) is 0 Å². The number of hydrogen-bond donors (Lipinski definition) is 1. The molecule has 0 radical (unpaired) electrons. The molecule has 2 aromatic rings. The maximum atomic E-state index is 5.11. The maximum Gasteiger partial charge on any atom is 0.147 e. The Kier molecular flexibility index (Phi) is 2.62. The van der Waals surface area contributed by atoms with Crippen LogP contribution >= 0.6 is 0 Å². The number of aryl methyl sites for hydroxylation is 1. The first-order valence-electron chi connectivity index (χ1n) is 6.42. The molecule has 1 aliphatic rings. The summed E-state index contributed by atoms with van der Waals surface area (Å²) in [5.41, 5.74) is 6.30. The Hall–Kier alpha value is -1.77. The minimum Gasteiger partial charge on any atom is -0.384 e. The van der Waals surface area contributed by atoms with Crippen LogP contribution in [0.25, 0.3) is 0 Å². The van der Waals surface area contributed by atoms with Gasteiger partial charge in [0.05, 0.1) is 5.69 Å². The summed E-state index contributed by atoms with van der Waals surface area (Å²) < 4.78 is 5.11. The molecule has 0 bridgehead atoms. The first-order chi connectivity index (χ1) is 8.70. The second-order valence-corrected chi connectivity index (χ2v) is 5.17. The Morgan fingerprint density at radius 1 is 1.39 bits per heavy atom. The van der Waals surface area contributed by atoms with Crippen LogP contribution in [0.1, 0.15) is 41.1 Å². The lowest BCUT2D eigenvalue weighted by atomic mass is 9.91. The van der Waals surface area contributed by atoms with Crippen molar-refractivity contribution in [1.82, 2.24) is 5.16 Å². The summed E-state index contributed by atoms with van der Waals surface area (Å²) in [5.74, 6) is 0.917. The van der Waals surface area contributed by atoms with E-state index >= 15 is 0 Å². The van der Waals surface area contributed by atoms with Gasteiger partial charge in [0.15, 0.2) is 0 Å². The van der Waals surface area contributed by atoms with Crippen LogP contribution in [-0.4, -0.2) is 12.2 Å². The van der Waals surface area contributed by atoms with Crippen molar-refractivity contribution in [3.63, 3.8) is 0 Å². The molecule has 1 N–H and O–H groups in total. The fraction of sp³-hybridized carbons (Fsp3) is 0.400. The molecule has 3 nitrogen and oxygen atoms in total. The fourth-order valence-electron chi connectivity index (χ4n) is 3.02. The van der Waals surface area contributed by atoms with Crippen LogP contribution in [-0.2, 0) is 6.42 Å². The second-order valence-electron chi connectivity index (χ2n) is 5.17. The number of rotatable bonds is 2. The number of fused-ring (bicyclic) bond motifs is 1. The lowest BCUT2D eigenvalue weighted by molar-refractivity contribution is 0.401. The molecule has 0 aliphatic heterocycles. The predicted molar refractivity (Wildman–Crippen MR) is 72.1 cm³/mol. The summed E-state index contributed by atoms with van der Waals surface area (Å²) in [6, 6.07) is 6.75. The number of benzene rings is 1. The van der Waals surface area contributed by atoms with Crippen LogP contribution in [0.2, 0.25) is 0 Å². The van der Waals surface area contributed by atoms with E-state index < -0.39 is 0 Å². The number of hydrogen-bond acceptors (Lipinski definition) is 3. The van der Waals surface area contributed by atoms with Gasteiger partial charge < -0.3 is 9.84 Å². The smallest absolute Gasteiger partial charge is 0.147 e. The summed E-state index contributed by atoms with van der Waals surface area (Å²) in [7, 11) is 1.91. The Morgan fingerprint density at radius 3 is 3.00 bits per heavy atom. The molecular formula is C15H18N2O. The highest BCUT2D eigenvalue weighted by atomic mass is 16.5.